The van der Waals surface area contributed by atoms with E-state index < -0.39 is 123 Å². The van der Waals surface area contributed by atoms with Crippen LogP contribution in [0.15, 0.2) is 34.3 Å². The lowest BCUT2D eigenvalue weighted by molar-refractivity contribution is -0.494. The van der Waals surface area contributed by atoms with Crippen molar-refractivity contribution < 1.29 is 75.7 Å². The lowest BCUT2D eigenvalue weighted by Crippen LogP contribution is -2.97. The Balaban J connectivity index is 1.61. The number of methoxy groups -OCH3 is 5. The highest BCUT2D eigenvalue weighted by Gasteiger charge is 3.06. The van der Waals surface area contributed by atoms with Gasteiger partial charge in [-0.15, -0.1) is 0 Å². The third-order valence-electron chi connectivity index (χ3n) is 15.7. The van der Waals surface area contributed by atoms with Gasteiger partial charge in [-0.25, -0.2) is 4.79 Å². The van der Waals surface area contributed by atoms with Gasteiger partial charge in [-0.3, -0.25) is 14.4 Å². The van der Waals surface area contributed by atoms with Crippen LogP contribution in [0.2, 0.25) is 0 Å². The van der Waals surface area contributed by atoms with Gasteiger partial charge in [0, 0.05) is 69.8 Å². The molecule has 0 radical (unpaired) electrons. The minimum Gasteiger partial charge on any atom is -0.500 e. The van der Waals surface area contributed by atoms with Crippen molar-refractivity contribution in [3.8, 4) is 0 Å². The fraction of sp³-hybridized carbons (Fsp3) is 0.767. The highest BCUT2D eigenvalue weighted by molar-refractivity contribution is 5.92. The first kappa shape index (κ1) is 42.2. The minimum absolute atomic E-state index is 0.0852. The summed E-state index contributed by atoms with van der Waals surface area (Å²) in [7, 11) is 7.29. The molecule has 0 N–H and O–H groups in total. The first-order chi connectivity index (χ1) is 27.6. The van der Waals surface area contributed by atoms with Crippen LogP contribution in [-0.2, 0) is 71.3 Å². The Morgan fingerprint density at radius 1 is 0.864 bits per heavy atom. The molecular formula is C43H58O16. The molecule has 4 saturated carbocycles. The van der Waals surface area contributed by atoms with E-state index in [1.807, 2.05) is 34.6 Å². The van der Waals surface area contributed by atoms with E-state index in [-0.39, 0.29) is 24.2 Å². The van der Waals surface area contributed by atoms with Crippen molar-refractivity contribution >= 4 is 23.9 Å². The maximum absolute atomic E-state index is 15.2. The van der Waals surface area contributed by atoms with Crippen LogP contribution in [0.5, 0.6) is 0 Å². The third-order valence-corrected chi connectivity index (χ3v) is 15.7. The van der Waals surface area contributed by atoms with Crippen molar-refractivity contribution in [2.45, 2.75) is 134 Å². The van der Waals surface area contributed by atoms with Crippen LogP contribution in [0.1, 0.15) is 86.8 Å². The standard InChI is InChI=1S/C43H58O16/c1-20(2)27(49-11)26-28-37(7,29(55-33(26)47)23-15-16-53-18-23)30(56-32(46)21(3)4)31(50-12)43-38(8)24(17-25(45)48-10)36(6)19-40(38)42(52-14,34(36)54-22(5)44)35(51-13)41(28,43)58-39(9,57-40)59-43/h15-16,18,20-21,24,28-31,34-35H,17,19H2,1-14H3/b27-26-/t24?,28?,29?,30?,31?,34?,35?,36?,37-,38-,39?,40?,41-,42+,43-/m0/s1. The molecule has 16 nitrogen and oxygen atoms in total. The molecule has 1 aromatic heterocycles. The number of cyclic esters (lactones) is 1. The molecule has 4 bridgehead atoms. The first-order valence-corrected chi connectivity index (χ1v) is 20.3. The third kappa shape index (κ3) is 4.40. The number of esters is 4. The molecule has 8 rings (SSSR count). The molecule has 4 aliphatic carbocycles. The first-order valence-electron chi connectivity index (χ1n) is 20.3. The average molecular weight is 831 g/mol. The van der Waals surface area contributed by atoms with Gasteiger partial charge < -0.3 is 56.5 Å². The molecule has 7 aliphatic rings. The van der Waals surface area contributed by atoms with Crippen LogP contribution in [0.4, 0.5) is 0 Å². The Kier molecular flexibility index (Phi) is 9.28. The fourth-order valence-electron chi connectivity index (χ4n) is 14.4. The van der Waals surface area contributed by atoms with Crippen molar-refractivity contribution in [3.63, 3.8) is 0 Å². The summed E-state index contributed by atoms with van der Waals surface area (Å²) in [6.07, 6.45) is -3.18. The van der Waals surface area contributed by atoms with Crippen molar-refractivity contribution in [3.05, 3.63) is 35.5 Å². The summed E-state index contributed by atoms with van der Waals surface area (Å²) < 4.78 is 79.9. The average Bonchev–Trinajstić information content (AvgIpc) is 3.86. The molecule has 326 valence electrons. The van der Waals surface area contributed by atoms with E-state index in [1.54, 1.807) is 26.8 Å². The zero-order chi connectivity index (χ0) is 43.3. The van der Waals surface area contributed by atoms with Crippen molar-refractivity contribution in [2.75, 3.05) is 35.5 Å². The molecule has 4 heterocycles. The van der Waals surface area contributed by atoms with Gasteiger partial charge in [0.05, 0.1) is 43.7 Å². The highest BCUT2D eigenvalue weighted by atomic mass is 16.9. The Bertz CT molecular complexity index is 1980. The molecule has 0 amide bonds. The van der Waals surface area contributed by atoms with Crippen molar-refractivity contribution in [2.24, 2.45) is 39.9 Å². The molecule has 16 heteroatoms. The number of ether oxygens (including phenoxy) is 11. The predicted molar refractivity (Wildman–Crippen MR) is 200 cm³/mol. The van der Waals surface area contributed by atoms with Gasteiger partial charge in [-0.1, -0.05) is 48.5 Å². The van der Waals surface area contributed by atoms with Gasteiger partial charge in [-0.05, 0) is 18.4 Å². The summed E-state index contributed by atoms with van der Waals surface area (Å²) in [5, 5.41) is 0. The van der Waals surface area contributed by atoms with Gasteiger partial charge in [-0.2, -0.15) is 0 Å². The number of carbonyl (C=O) groups excluding carboxylic acids is 4. The second-order valence-corrected chi connectivity index (χ2v) is 18.8. The van der Waals surface area contributed by atoms with Crippen LogP contribution in [-0.4, -0.2) is 112 Å². The van der Waals surface area contributed by atoms with E-state index in [2.05, 4.69) is 0 Å². The van der Waals surface area contributed by atoms with Gasteiger partial charge in [0.25, 0.3) is 5.97 Å². The van der Waals surface area contributed by atoms with Gasteiger partial charge >= 0.3 is 23.9 Å². The van der Waals surface area contributed by atoms with Crippen molar-refractivity contribution in [1.82, 2.24) is 0 Å². The molecule has 3 saturated heterocycles. The maximum atomic E-state index is 15.2. The molecule has 15 atom stereocenters. The SMILES string of the molecule is COC(=O)CC1C2(C)CC34OC5(C)O[C@@]6(C7/C(=C(/OC)C(C)C)C(=O)OC(c8ccoc8)[C@@]7(C)C(OC(=O)C(C)C)C(OC)[C@]6(O5)[C@@]13C)C(OC)[C@]4(OC)C2OC(C)=O. The van der Waals surface area contributed by atoms with E-state index in [9.17, 15) is 14.4 Å². The Hall–Kier alpha value is -3.54. The molecule has 10 unspecified atom stereocenters. The lowest BCUT2D eigenvalue weighted by Gasteiger charge is -2.79. The minimum atomic E-state index is -1.95. The Morgan fingerprint density at radius 2 is 1.56 bits per heavy atom. The van der Waals surface area contributed by atoms with Gasteiger partial charge in [0.15, 0.2) is 5.60 Å². The monoisotopic (exact) mass is 830 g/mol. The largest absolute Gasteiger partial charge is 0.500 e. The van der Waals surface area contributed by atoms with E-state index in [0.717, 1.165) is 0 Å². The Morgan fingerprint density at radius 3 is 2.08 bits per heavy atom. The fourth-order valence-corrected chi connectivity index (χ4v) is 14.4. The second-order valence-electron chi connectivity index (χ2n) is 18.8. The molecular weight excluding hydrogens is 772 g/mol. The summed E-state index contributed by atoms with van der Waals surface area (Å²) in [5.74, 6) is -7.08. The normalized spacial score (nSPS) is 48.1. The summed E-state index contributed by atoms with van der Waals surface area (Å²) in [5.41, 5.74) is -10.5. The summed E-state index contributed by atoms with van der Waals surface area (Å²) in [4.78, 5) is 56.7. The Labute approximate surface area is 344 Å². The van der Waals surface area contributed by atoms with E-state index in [4.69, 9.17) is 56.5 Å². The number of furan rings is 1. The summed E-state index contributed by atoms with van der Waals surface area (Å²) in [6.45, 7) is 15.9. The van der Waals surface area contributed by atoms with Crippen LogP contribution in [0.25, 0.3) is 0 Å². The summed E-state index contributed by atoms with van der Waals surface area (Å²) in [6, 6.07) is 1.68. The van der Waals surface area contributed by atoms with Crippen LogP contribution < -0.4 is 0 Å². The van der Waals surface area contributed by atoms with Crippen molar-refractivity contribution in [1.29, 1.82) is 0 Å². The van der Waals surface area contributed by atoms with Gasteiger partial charge in [0.1, 0.15) is 53.1 Å². The topological polar surface area (TPSA) is 183 Å². The predicted octanol–water partition coefficient (Wildman–Crippen LogP) is 4.57. The smallest absolute Gasteiger partial charge is 0.338 e. The lowest BCUT2D eigenvalue weighted by atomic mass is 9.32. The number of fused-ring (bicyclic) bond motifs is 3. The van der Waals surface area contributed by atoms with Crippen LogP contribution in [0.3, 0.4) is 0 Å². The zero-order valence-electron chi connectivity index (χ0n) is 36.4. The van der Waals surface area contributed by atoms with Crippen LogP contribution in [0, 0.1) is 39.9 Å². The van der Waals surface area contributed by atoms with E-state index in [0.29, 0.717) is 5.56 Å². The number of allylic oxidation sites excluding steroid dienone is 1. The number of rotatable bonds is 11. The van der Waals surface area contributed by atoms with E-state index >= 15 is 4.79 Å². The molecule has 2 spiro atoms. The summed E-state index contributed by atoms with van der Waals surface area (Å²) >= 11 is 0. The second kappa shape index (κ2) is 13.0. The van der Waals surface area contributed by atoms with E-state index in [1.165, 1.54) is 55.0 Å². The van der Waals surface area contributed by atoms with Gasteiger partial charge in [0.2, 0.25) is 0 Å². The zero-order valence-corrected chi connectivity index (χ0v) is 36.4. The maximum Gasteiger partial charge on any atom is 0.338 e. The molecule has 1 aromatic rings. The quantitative estimate of drug-likeness (QED) is 0.131. The number of hydrogen-bond donors (Lipinski definition) is 0. The van der Waals surface area contributed by atoms with Crippen LogP contribution >= 0.6 is 0 Å². The molecule has 0 aromatic carbocycles. The highest BCUT2D eigenvalue weighted by Crippen LogP contribution is 2.90. The number of carbonyl (C=O) groups is 4. The molecule has 59 heavy (non-hydrogen) atoms. The molecule has 3 aliphatic heterocycles. The molecule has 7 fully saturated rings. The number of hydrogen-bond acceptors (Lipinski definition) is 16.